The summed E-state index contributed by atoms with van der Waals surface area (Å²) in [6.45, 7) is 4.02. The van der Waals surface area contributed by atoms with E-state index < -0.39 is 0 Å². The van der Waals surface area contributed by atoms with E-state index in [4.69, 9.17) is 5.73 Å². The maximum Gasteiger partial charge on any atom is 0.163 e. The SMILES string of the molecule is CC(=O)c1cccnc1NCC(C)N. The number of aromatic nitrogens is 1. The molecule has 4 heteroatoms. The topological polar surface area (TPSA) is 68.0 Å². The lowest BCUT2D eigenvalue weighted by molar-refractivity contribution is 0.101. The van der Waals surface area contributed by atoms with Crippen LogP contribution in [0, 0.1) is 0 Å². The molecule has 0 saturated heterocycles. The Morgan fingerprint density at radius 2 is 2.43 bits per heavy atom. The molecule has 14 heavy (non-hydrogen) atoms. The summed E-state index contributed by atoms with van der Waals surface area (Å²) in [5.41, 5.74) is 6.20. The minimum atomic E-state index is 0.00488. The van der Waals surface area contributed by atoms with Crippen molar-refractivity contribution < 1.29 is 4.79 Å². The Balaban J connectivity index is 2.79. The summed E-state index contributed by atoms with van der Waals surface area (Å²) >= 11 is 0. The first-order chi connectivity index (χ1) is 6.61. The molecule has 0 fully saturated rings. The highest BCUT2D eigenvalue weighted by Crippen LogP contribution is 2.11. The van der Waals surface area contributed by atoms with Crippen molar-refractivity contribution in [2.24, 2.45) is 5.73 Å². The van der Waals surface area contributed by atoms with Gasteiger partial charge >= 0.3 is 0 Å². The lowest BCUT2D eigenvalue weighted by Crippen LogP contribution is -2.26. The van der Waals surface area contributed by atoms with Gasteiger partial charge in [-0.2, -0.15) is 0 Å². The van der Waals surface area contributed by atoms with Crippen molar-refractivity contribution in [2.45, 2.75) is 19.9 Å². The summed E-state index contributed by atoms with van der Waals surface area (Å²) < 4.78 is 0. The van der Waals surface area contributed by atoms with Crippen LogP contribution in [0.25, 0.3) is 0 Å². The first-order valence-corrected chi connectivity index (χ1v) is 4.56. The van der Waals surface area contributed by atoms with Gasteiger partial charge in [0.15, 0.2) is 5.78 Å². The average Bonchev–Trinajstić information content (AvgIpc) is 2.15. The van der Waals surface area contributed by atoms with E-state index in [0.29, 0.717) is 17.9 Å². The molecule has 1 heterocycles. The minimum Gasteiger partial charge on any atom is -0.368 e. The van der Waals surface area contributed by atoms with Crippen LogP contribution >= 0.6 is 0 Å². The monoisotopic (exact) mass is 193 g/mol. The molecule has 0 spiro atoms. The number of carbonyl (C=O) groups is 1. The van der Waals surface area contributed by atoms with Crippen LogP contribution < -0.4 is 11.1 Å². The largest absolute Gasteiger partial charge is 0.368 e. The molecule has 0 aromatic carbocycles. The Hall–Kier alpha value is -1.42. The smallest absolute Gasteiger partial charge is 0.163 e. The molecule has 1 aromatic rings. The zero-order valence-electron chi connectivity index (χ0n) is 8.45. The molecule has 0 amide bonds. The van der Waals surface area contributed by atoms with Crippen molar-refractivity contribution >= 4 is 11.6 Å². The van der Waals surface area contributed by atoms with Gasteiger partial charge in [-0.25, -0.2) is 4.98 Å². The molecule has 76 valence electrons. The zero-order valence-corrected chi connectivity index (χ0v) is 8.45. The Kier molecular flexibility index (Phi) is 3.59. The third-order valence-corrected chi connectivity index (χ3v) is 1.78. The number of nitrogens with zero attached hydrogens (tertiary/aromatic N) is 1. The van der Waals surface area contributed by atoms with Gasteiger partial charge in [0, 0.05) is 18.8 Å². The number of hydrogen-bond acceptors (Lipinski definition) is 4. The van der Waals surface area contributed by atoms with Crippen LogP contribution in [0.5, 0.6) is 0 Å². The van der Waals surface area contributed by atoms with Crippen molar-refractivity contribution in [1.82, 2.24) is 4.98 Å². The predicted molar refractivity (Wildman–Crippen MR) is 56.4 cm³/mol. The molecule has 1 unspecified atom stereocenters. The number of nitrogens with two attached hydrogens (primary N) is 1. The van der Waals surface area contributed by atoms with E-state index in [1.165, 1.54) is 6.92 Å². The highest BCUT2D eigenvalue weighted by atomic mass is 16.1. The third kappa shape index (κ3) is 2.81. The van der Waals surface area contributed by atoms with Gasteiger partial charge < -0.3 is 11.1 Å². The second-order valence-corrected chi connectivity index (χ2v) is 3.31. The maximum absolute atomic E-state index is 11.2. The number of pyridine rings is 1. The molecular weight excluding hydrogens is 178 g/mol. The Morgan fingerprint density at radius 1 is 1.71 bits per heavy atom. The van der Waals surface area contributed by atoms with Crippen LogP contribution in [0.15, 0.2) is 18.3 Å². The maximum atomic E-state index is 11.2. The van der Waals surface area contributed by atoms with Crippen molar-refractivity contribution in [3.8, 4) is 0 Å². The Bertz CT molecular complexity index is 323. The van der Waals surface area contributed by atoms with Crippen molar-refractivity contribution in [2.75, 3.05) is 11.9 Å². The number of rotatable bonds is 4. The van der Waals surface area contributed by atoms with Gasteiger partial charge in [0.2, 0.25) is 0 Å². The number of anilines is 1. The summed E-state index contributed by atoms with van der Waals surface area (Å²) in [5, 5.41) is 3.04. The van der Waals surface area contributed by atoms with Gasteiger partial charge in [-0.05, 0) is 26.0 Å². The molecule has 1 rings (SSSR count). The highest BCUT2D eigenvalue weighted by Gasteiger charge is 2.07. The van der Waals surface area contributed by atoms with Crippen molar-refractivity contribution in [3.05, 3.63) is 23.9 Å². The first kappa shape index (κ1) is 10.7. The fraction of sp³-hybridized carbons (Fsp3) is 0.400. The minimum absolute atomic E-state index is 0.00488. The second-order valence-electron chi connectivity index (χ2n) is 3.31. The van der Waals surface area contributed by atoms with Crippen molar-refractivity contribution in [3.63, 3.8) is 0 Å². The molecule has 1 aromatic heterocycles. The number of Topliss-reactive ketones (excluding diaryl/α,β-unsaturated/α-hetero) is 1. The molecule has 0 aliphatic carbocycles. The molecule has 0 radical (unpaired) electrons. The van der Waals surface area contributed by atoms with Crippen LogP contribution in [0.2, 0.25) is 0 Å². The third-order valence-electron chi connectivity index (χ3n) is 1.78. The van der Waals surface area contributed by atoms with Gasteiger partial charge in [0.25, 0.3) is 0 Å². The summed E-state index contributed by atoms with van der Waals surface area (Å²) in [7, 11) is 0. The quantitative estimate of drug-likeness (QED) is 0.701. The van der Waals surface area contributed by atoms with E-state index in [1.54, 1.807) is 18.3 Å². The fourth-order valence-corrected chi connectivity index (χ4v) is 1.09. The van der Waals surface area contributed by atoms with Gasteiger partial charge in [-0.15, -0.1) is 0 Å². The summed E-state index contributed by atoms with van der Waals surface area (Å²) in [6, 6.07) is 3.53. The number of ketones is 1. The first-order valence-electron chi connectivity index (χ1n) is 4.56. The molecule has 1 atom stereocenters. The number of nitrogens with one attached hydrogen (secondary N) is 1. The van der Waals surface area contributed by atoms with Crippen LogP contribution in [0.3, 0.4) is 0 Å². The van der Waals surface area contributed by atoms with Crippen LogP contribution in [0.4, 0.5) is 5.82 Å². The van der Waals surface area contributed by atoms with E-state index in [2.05, 4.69) is 10.3 Å². The van der Waals surface area contributed by atoms with E-state index in [1.807, 2.05) is 6.92 Å². The Morgan fingerprint density at radius 3 is 3.00 bits per heavy atom. The molecule has 4 nitrogen and oxygen atoms in total. The van der Waals surface area contributed by atoms with Gasteiger partial charge in [0.05, 0.1) is 5.56 Å². The Labute approximate surface area is 83.5 Å². The molecule has 0 aliphatic rings. The average molecular weight is 193 g/mol. The van der Waals surface area contributed by atoms with Crippen molar-refractivity contribution in [1.29, 1.82) is 0 Å². The number of hydrogen-bond donors (Lipinski definition) is 2. The van der Waals surface area contributed by atoms with Gasteiger partial charge in [-0.1, -0.05) is 0 Å². The predicted octanol–water partition coefficient (Wildman–Crippen LogP) is 1.04. The van der Waals surface area contributed by atoms with Gasteiger partial charge in [-0.3, -0.25) is 4.79 Å². The second kappa shape index (κ2) is 4.72. The van der Waals surface area contributed by atoms with Crippen LogP contribution in [-0.4, -0.2) is 23.4 Å². The van der Waals surface area contributed by atoms with E-state index >= 15 is 0 Å². The van der Waals surface area contributed by atoms with Gasteiger partial charge in [0.1, 0.15) is 5.82 Å². The molecule has 0 bridgehead atoms. The highest BCUT2D eigenvalue weighted by molar-refractivity contribution is 5.98. The van der Waals surface area contributed by atoms with Crippen LogP contribution in [0.1, 0.15) is 24.2 Å². The molecular formula is C10H15N3O. The molecule has 3 N–H and O–H groups in total. The zero-order chi connectivity index (χ0) is 10.6. The summed E-state index contributed by atoms with van der Waals surface area (Å²) in [5.74, 6) is 0.613. The lowest BCUT2D eigenvalue weighted by atomic mass is 10.2. The van der Waals surface area contributed by atoms with E-state index in [9.17, 15) is 4.79 Å². The lowest BCUT2D eigenvalue weighted by Gasteiger charge is -2.10. The van der Waals surface area contributed by atoms with E-state index in [0.717, 1.165) is 0 Å². The normalized spacial score (nSPS) is 12.2. The standard InChI is InChI=1S/C10H15N3O/c1-7(11)6-13-10-9(8(2)14)4-3-5-12-10/h3-5,7H,6,11H2,1-2H3,(H,12,13). The summed E-state index contributed by atoms with van der Waals surface area (Å²) in [4.78, 5) is 15.3. The van der Waals surface area contributed by atoms with Crippen LogP contribution in [-0.2, 0) is 0 Å². The molecule has 0 aliphatic heterocycles. The number of carbonyl (C=O) groups excluding carboxylic acids is 1. The molecule has 0 saturated carbocycles. The summed E-state index contributed by atoms with van der Waals surface area (Å²) in [6.07, 6.45) is 1.65. The van der Waals surface area contributed by atoms with E-state index in [-0.39, 0.29) is 11.8 Å². The fourth-order valence-electron chi connectivity index (χ4n) is 1.09.